The average molecular weight is 225 g/mol. The van der Waals surface area contributed by atoms with Crippen LogP contribution in [0.5, 0.6) is 0 Å². The highest BCUT2D eigenvalue weighted by Crippen LogP contribution is 2.34. The molecule has 0 aromatic carbocycles. The molecule has 3 nitrogen and oxygen atoms in total. The Balaban J connectivity index is 1.96. The van der Waals surface area contributed by atoms with E-state index < -0.39 is 5.97 Å². The maximum atomic E-state index is 10.5. The van der Waals surface area contributed by atoms with Crippen LogP contribution in [0.4, 0.5) is 0 Å². The quantitative estimate of drug-likeness (QED) is 0.855. The summed E-state index contributed by atoms with van der Waals surface area (Å²) in [4.78, 5) is 14.2. The number of carboxylic acid groups (broad SMARTS) is 1. The predicted octanol–water partition coefficient (Wildman–Crippen LogP) is 2.36. The van der Waals surface area contributed by atoms with E-state index in [4.69, 9.17) is 5.11 Å². The van der Waals surface area contributed by atoms with Crippen molar-refractivity contribution in [3.8, 4) is 0 Å². The largest absolute Gasteiger partial charge is 0.481 e. The first kappa shape index (κ1) is 10.6. The highest BCUT2D eigenvalue weighted by molar-refractivity contribution is 7.10. The van der Waals surface area contributed by atoms with Gasteiger partial charge in [0.1, 0.15) is 0 Å². The van der Waals surface area contributed by atoms with Crippen LogP contribution in [-0.2, 0) is 4.79 Å². The van der Waals surface area contributed by atoms with Gasteiger partial charge in [-0.2, -0.15) is 0 Å². The van der Waals surface area contributed by atoms with Gasteiger partial charge in [0.25, 0.3) is 0 Å². The van der Waals surface area contributed by atoms with Gasteiger partial charge in [-0.3, -0.25) is 9.69 Å². The number of aliphatic carboxylic acids is 1. The Morgan fingerprint density at radius 2 is 2.53 bits per heavy atom. The van der Waals surface area contributed by atoms with Crippen molar-refractivity contribution >= 4 is 17.3 Å². The fourth-order valence-electron chi connectivity index (χ4n) is 2.14. The van der Waals surface area contributed by atoms with E-state index in [0.29, 0.717) is 12.6 Å². The third-order valence-electron chi connectivity index (χ3n) is 2.85. The van der Waals surface area contributed by atoms with E-state index in [1.165, 1.54) is 17.7 Å². The van der Waals surface area contributed by atoms with Gasteiger partial charge < -0.3 is 5.11 Å². The molecule has 1 aliphatic heterocycles. The molecule has 1 N–H and O–H groups in total. The Bertz CT molecular complexity index is 323. The molecular formula is C11H15NO2S. The Hall–Kier alpha value is -0.870. The summed E-state index contributed by atoms with van der Waals surface area (Å²) in [5.74, 6) is -0.702. The van der Waals surface area contributed by atoms with Crippen LogP contribution in [0.3, 0.4) is 0 Å². The highest BCUT2D eigenvalue weighted by atomic mass is 32.1. The van der Waals surface area contributed by atoms with Gasteiger partial charge in [0.2, 0.25) is 0 Å². The molecule has 1 aromatic rings. The molecule has 0 spiro atoms. The maximum Gasteiger partial charge on any atom is 0.304 e. The first-order valence-corrected chi connectivity index (χ1v) is 6.14. The van der Waals surface area contributed by atoms with Gasteiger partial charge in [0, 0.05) is 17.5 Å². The third kappa shape index (κ3) is 2.58. The fourth-order valence-corrected chi connectivity index (χ4v) is 3.03. The van der Waals surface area contributed by atoms with Gasteiger partial charge in [-0.25, -0.2) is 0 Å². The SMILES string of the molecule is O=C(O)CCN1CCC[C@@H]1c1cccs1. The van der Waals surface area contributed by atoms with Gasteiger partial charge in [0.05, 0.1) is 6.42 Å². The van der Waals surface area contributed by atoms with E-state index in [9.17, 15) is 4.79 Å². The molecule has 0 aliphatic carbocycles. The molecule has 0 bridgehead atoms. The Labute approximate surface area is 93.3 Å². The minimum absolute atomic E-state index is 0.252. The Morgan fingerprint density at radius 1 is 1.67 bits per heavy atom. The van der Waals surface area contributed by atoms with Gasteiger partial charge in [-0.15, -0.1) is 11.3 Å². The summed E-state index contributed by atoms with van der Waals surface area (Å²) in [5, 5.41) is 10.8. The van der Waals surface area contributed by atoms with Crippen molar-refractivity contribution in [1.29, 1.82) is 0 Å². The molecule has 4 heteroatoms. The Morgan fingerprint density at radius 3 is 3.20 bits per heavy atom. The van der Waals surface area contributed by atoms with E-state index in [1.807, 2.05) is 0 Å². The minimum Gasteiger partial charge on any atom is -0.481 e. The lowest BCUT2D eigenvalue weighted by molar-refractivity contribution is -0.137. The molecule has 1 atom stereocenters. The molecule has 0 unspecified atom stereocenters. The Kier molecular flexibility index (Phi) is 3.38. The number of nitrogens with zero attached hydrogens (tertiary/aromatic N) is 1. The van der Waals surface area contributed by atoms with Crippen LogP contribution in [0, 0.1) is 0 Å². The molecule has 0 radical (unpaired) electrons. The zero-order valence-electron chi connectivity index (χ0n) is 8.56. The standard InChI is InChI=1S/C11H15NO2S/c13-11(14)5-7-12-6-1-3-9(12)10-4-2-8-15-10/h2,4,8-9H,1,3,5-7H2,(H,13,14)/t9-/m1/s1. The molecule has 82 valence electrons. The van der Waals surface area contributed by atoms with Gasteiger partial charge in [0.15, 0.2) is 0 Å². The van der Waals surface area contributed by atoms with Crippen molar-refractivity contribution < 1.29 is 9.90 Å². The van der Waals surface area contributed by atoms with Gasteiger partial charge >= 0.3 is 5.97 Å². The van der Waals surface area contributed by atoms with Crippen molar-refractivity contribution in [2.24, 2.45) is 0 Å². The summed E-state index contributed by atoms with van der Waals surface area (Å²) < 4.78 is 0. The number of hydrogen-bond acceptors (Lipinski definition) is 3. The lowest BCUT2D eigenvalue weighted by atomic mass is 10.2. The fraction of sp³-hybridized carbons (Fsp3) is 0.545. The van der Waals surface area contributed by atoms with Gasteiger partial charge in [-0.05, 0) is 30.8 Å². The number of rotatable bonds is 4. The molecule has 1 aliphatic rings. The molecule has 1 aromatic heterocycles. The molecule has 1 saturated heterocycles. The first-order chi connectivity index (χ1) is 7.27. The number of hydrogen-bond donors (Lipinski definition) is 1. The molecule has 15 heavy (non-hydrogen) atoms. The smallest absolute Gasteiger partial charge is 0.304 e. The van der Waals surface area contributed by atoms with E-state index in [1.54, 1.807) is 11.3 Å². The zero-order valence-corrected chi connectivity index (χ0v) is 9.37. The van der Waals surface area contributed by atoms with Crippen molar-refractivity contribution in [1.82, 2.24) is 4.90 Å². The summed E-state index contributed by atoms with van der Waals surface area (Å²) in [7, 11) is 0. The number of carboxylic acids is 1. The van der Waals surface area contributed by atoms with E-state index >= 15 is 0 Å². The van der Waals surface area contributed by atoms with Crippen molar-refractivity contribution in [3.63, 3.8) is 0 Å². The van der Waals surface area contributed by atoms with Crippen LogP contribution in [0.1, 0.15) is 30.2 Å². The summed E-state index contributed by atoms with van der Waals surface area (Å²) in [6, 6.07) is 4.67. The second-order valence-electron chi connectivity index (χ2n) is 3.85. The molecule has 0 saturated carbocycles. The van der Waals surface area contributed by atoms with E-state index in [2.05, 4.69) is 22.4 Å². The highest BCUT2D eigenvalue weighted by Gasteiger charge is 2.26. The second-order valence-corrected chi connectivity index (χ2v) is 4.83. The molecule has 2 heterocycles. The number of likely N-dealkylation sites (tertiary alicyclic amines) is 1. The normalized spacial score (nSPS) is 22.0. The molecule has 0 amide bonds. The van der Waals surface area contributed by atoms with Crippen molar-refractivity contribution in [2.45, 2.75) is 25.3 Å². The number of thiophene rings is 1. The first-order valence-electron chi connectivity index (χ1n) is 5.26. The average Bonchev–Trinajstić information content (AvgIpc) is 2.85. The van der Waals surface area contributed by atoms with Crippen LogP contribution in [0.15, 0.2) is 17.5 Å². The van der Waals surface area contributed by atoms with Crippen LogP contribution in [-0.4, -0.2) is 29.1 Å². The van der Waals surface area contributed by atoms with Crippen LogP contribution >= 0.6 is 11.3 Å². The minimum atomic E-state index is -0.702. The maximum absolute atomic E-state index is 10.5. The molecule has 1 fully saturated rings. The van der Waals surface area contributed by atoms with Crippen molar-refractivity contribution in [3.05, 3.63) is 22.4 Å². The van der Waals surface area contributed by atoms with E-state index in [-0.39, 0.29) is 6.42 Å². The zero-order chi connectivity index (χ0) is 10.7. The monoisotopic (exact) mass is 225 g/mol. The summed E-state index contributed by atoms with van der Waals surface area (Å²) in [6.45, 7) is 1.72. The predicted molar refractivity (Wildman–Crippen MR) is 60.1 cm³/mol. The van der Waals surface area contributed by atoms with E-state index in [0.717, 1.165) is 6.54 Å². The van der Waals surface area contributed by atoms with Crippen LogP contribution in [0.25, 0.3) is 0 Å². The van der Waals surface area contributed by atoms with Crippen LogP contribution in [0.2, 0.25) is 0 Å². The summed E-state index contributed by atoms with van der Waals surface area (Å²) in [6.07, 6.45) is 2.60. The molecule has 2 rings (SSSR count). The third-order valence-corrected chi connectivity index (χ3v) is 3.82. The second kappa shape index (κ2) is 4.77. The van der Waals surface area contributed by atoms with Gasteiger partial charge in [-0.1, -0.05) is 6.07 Å². The summed E-state index contributed by atoms with van der Waals surface area (Å²) in [5.41, 5.74) is 0. The topological polar surface area (TPSA) is 40.5 Å². The van der Waals surface area contributed by atoms with Crippen LogP contribution < -0.4 is 0 Å². The lowest BCUT2D eigenvalue weighted by Crippen LogP contribution is -2.25. The van der Waals surface area contributed by atoms with Crippen molar-refractivity contribution in [2.75, 3.05) is 13.1 Å². The molecular weight excluding hydrogens is 210 g/mol. The number of carbonyl (C=O) groups is 1. The lowest BCUT2D eigenvalue weighted by Gasteiger charge is -2.22. The summed E-state index contributed by atoms with van der Waals surface area (Å²) >= 11 is 1.77.